The van der Waals surface area contributed by atoms with Crippen LogP contribution < -0.4 is 0 Å². The summed E-state index contributed by atoms with van der Waals surface area (Å²) in [6, 6.07) is 9.58. The van der Waals surface area contributed by atoms with Crippen molar-refractivity contribution in [3.05, 3.63) is 41.4 Å². The van der Waals surface area contributed by atoms with Crippen LogP contribution in [-0.4, -0.2) is 24.2 Å². The standard InChI is InChI=1S/C14H20N2O2Si/c1-5-12(11-9-7-6-8-10-11)18-14(17)13(16-15)19(2,3)4/h6-10,12H,5H2,1-4H3. The third-order valence-electron chi connectivity index (χ3n) is 2.80. The van der Waals surface area contributed by atoms with Gasteiger partial charge in [0.15, 0.2) is 8.07 Å². The van der Waals surface area contributed by atoms with Gasteiger partial charge in [-0.05, 0) is 12.0 Å². The molecule has 1 aromatic carbocycles. The molecule has 0 heterocycles. The molecule has 5 heteroatoms. The van der Waals surface area contributed by atoms with Crippen molar-refractivity contribution in [2.24, 2.45) is 0 Å². The summed E-state index contributed by atoms with van der Waals surface area (Å²) in [4.78, 5) is 15.2. The summed E-state index contributed by atoms with van der Waals surface area (Å²) in [7, 11) is -2.00. The predicted octanol–water partition coefficient (Wildman–Crippen LogP) is 3.23. The first-order valence-corrected chi connectivity index (χ1v) is 9.88. The van der Waals surface area contributed by atoms with Gasteiger partial charge in [0.05, 0.1) is 0 Å². The summed E-state index contributed by atoms with van der Waals surface area (Å²) in [5.41, 5.74) is 9.96. The molecule has 0 saturated carbocycles. The molecule has 0 bridgehead atoms. The topological polar surface area (TPSA) is 62.7 Å². The molecule has 0 aliphatic rings. The Morgan fingerprint density at radius 1 is 1.32 bits per heavy atom. The van der Waals surface area contributed by atoms with Crippen LogP contribution in [0.1, 0.15) is 25.0 Å². The summed E-state index contributed by atoms with van der Waals surface area (Å²) >= 11 is 0. The van der Waals surface area contributed by atoms with Gasteiger partial charge in [0, 0.05) is 0 Å². The molecule has 0 radical (unpaired) electrons. The van der Waals surface area contributed by atoms with Crippen molar-refractivity contribution >= 4 is 19.4 Å². The zero-order chi connectivity index (χ0) is 14.5. The monoisotopic (exact) mass is 276 g/mol. The van der Waals surface area contributed by atoms with Crippen molar-refractivity contribution in [2.45, 2.75) is 39.1 Å². The average molecular weight is 276 g/mol. The Kier molecular flexibility index (Phi) is 5.21. The van der Waals surface area contributed by atoms with E-state index in [-0.39, 0.29) is 11.4 Å². The lowest BCUT2D eigenvalue weighted by Gasteiger charge is -2.17. The van der Waals surface area contributed by atoms with E-state index in [1.54, 1.807) is 0 Å². The second-order valence-corrected chi connectivity index (χ2v) is 10.4. The van der Waals surface area contributed by atoms with Gasteiger partial charge in [0.1, 0.15) is 6.10 Å². The first kappa shape index (κ1) is 15.3. The number of carbonyl (C=O) groups excluding carboxylic acids is 1. The van der Waals surface area contributed by atoms with E-state index in [1.165, 1.54) is 0 Å². The minimum Gasteiger partial charge on any atom is -0.449 e. The van der Waals surface area contributed by atoms with E-state index >= 15 is 0 Å². The number of hydrogen-bond acceptors (Lipinski definition) is 2. The SMILES string of the molecule is CCC(OC(=O)C(=[N+]=[N-])[Si](C)(C)C)c1ccccc1. The Morgan fingerprint density at radius 3 is 2.32 bits per heavy atom. The van der Waals surface area contributed by atoms with E-state index < -0.39 is 14.0 Å². The molecule has 0 fully saturated rings. The van der Waals surface area contributed by atoms with Crippen LogP contribution >= 0.6 is 0 Å². The first-order chi connectivity index (χ1) is 8.90. The van der Waals surface area contributed by atoms with Crippen LogP contribution in [0.3, 0.4) is 0 Å². The number of benzene rings is 1. The third-order valence-corrected chi connectivity index (χ3v) is 4.52. The Hall–Kier alpha value is -1.71. The van der Waals surface area contributed by atoms with Crippen LogP contribution in [0, 0.1) is 0 Å². The minimum atomic E-state index is -2.00. The van der Waals surface area contributed by atoms with Crippen molar-refractivity contribution in [3.63, 3.8) is 0 Å². The van der Waals surface area contributed by atoms with Crippen molar-refractivity contribution in [1.29, 1.82) is 0 Å². The van der Waals surface area contributed by atoms with Gasteiger partial charge < -0.3 is 10.3 Å². The second-order valence-electron chi connectivity index (χ2n) is 5.41. The van der Waals surface area contributed by atoms with E-state index in [0.717, 1.165) is 5.56 Å². The molecule has 0 N–H and O–H groups in total. The highest BCUT2D eigenvalue weighted by atomic mass is 28.3. The first-order valence-electron chi connectivity index (χ1n) is 6.38. The van der Waals surface area contributed by atoms with Crippen LogP contribution in [0.15, 0.2) is 30.3 Å². The van der Waals surface area contributed by atoms with E-state index in [0.29, 0.717) is 6.42 Å². The lowest BCUT2D eigenvalue weighted by atomic mass is 10.1. The number of hydrogen-bond donors (Lipinski definition) is 0. The van der Waals surface area contributed by atoms with Crippen LogP contribution in [-0.2, 0) is 9.53 Å². The zero-order valence-corrected chi connectivity index (χ0v) is 12.9. The van der Waals surface area contributed by atoms with Crippen LogP contribution in [0.25, 0.3) is 5.53 Å². The van der Waals surface area contributed by atoms with Crippen LogP contribution in [0.5, 0.6) is 0 Å². The molecular weight excluding hydrogens is 256 g/mol. The molecule has 0 amide bonds. The Labute approximate surface area is 115 Å². The normalized spacial score (nSPS) is 12.4. The lowest BCUT2D eigenvalue weighted by Crippen LogP contribution is -2.41. The van der Waals surface area contributed by atoms with E-state index in [4.69, 9.17) is 10.3 Å². The molecular formula is C14H20N2O2Si. The molecule has 19 heavy (non-hydrogen) atoms. The Morgan fingerprint density at radius 2 is 1.89 bits per heavy atom. The summed E-state index contributed by atoms with van der Waals surface area (Å²) in [6.07, 6.45) is 0.377. The maximum atomic E-state index is 12.1. The lowest BCUT2D eigenvalue weighted by molar-refractivity contribution is -0.145. The highest BCUT2D eigenvalue weighted by Crippen LogP contribution is 2.21. The molecule has 0 spiro atoms. The number of rotatable bonds is 5. The van der Waals surface area contributed by atoms with Gasteiger partial charge in [-0.2, -0.15) is 4.79 Å². The van der Waals surface area contributed by atoms with Gasteiger partial charge >= 0.3 is 11.3 Å². The molecule has 1 atom stereocenters. The maximum absolute atomic E-state index is 12.1. The fourth-order valence-electron chi connectivity index (χ4n) is 1.74. The van der Waals surface area contributed by atoms with Crippen LogP contribution in [0.4, 0.5) is 0 Å². The number of carbonyl (C=O) groups is 1. The maximum Gasteiger partial charge on any atom is 0.410 e. The molecule has 102 valence electrons. The van der Waals surface area contributed by atoms with E-state index in [9.17, 15) is 4.79 Å². The Balaban J connectivity index is 2.89. The number of esters is 1. The highest BCUT2D eigenvalue weighted by Gasteiger charge is 2.39. The summed E-state index contributed by atoms with van der Waals surface area (Å²) in [5, 5.41) is 0.168. The summed E-state index contributed by atoms with van der Waals surface area (Å²) in [6.45, 7) is 7.77. The fraction of sp³-hybridized carbons (Fsp3) is 0.429. The van der Waals surface area contributed by atoms with Crippen molar-refractivity contribution < 1.29 is 14.3 Å². The van der Waals surface area contributed by atoms with Gasteiger partial charge in [-0.15, -0.1) is 0 Å². The molecule has 0 saturated heterocycles. The molecule has 0 aliphatic heterocycles. The van der Waals surface area contributed by atoms with Crippen molar-refractivity contribution in [1.82, 2.24) is 0 Å². The molecule has 1 rings (SSSR count). The highest BCUT2D eigenvalue weighted by molar-refractivity contribution is 7.11. The van der Waals surface area contributed by atoms with Crippen LogP contribution in [0.2, 0.25) is 19.6 Å². The smallest absolute Gasteiger partial charge is 0.410 e. The van der Waals surface area contributed by atoms with E-state index in [2.05, 4.69) is 4.79 Å². The molecule has 4 nitrogen and oxygen atoms in total. The largest absolute Gasteiger partial charge is 0.449 e. The third kappa shape index (κ3) is 4.15. The fourth-order valence-corrected chi connectivity index (χ4v) is 2.71. The van der Waals surface area contributed by atoms with E-state index in [1.807, 2.05) is 56.9 Å². The predicted molar refractivity (Wildman–Crippen MR) is 77.5 cm³/mol. The van der Waals surface area contributed by atoms with Crippen molar-refractivity contribution in [3.8, 4) is 0 Å². The number of nitrogens with zero attached hydrogens (tertiary/aromatic N) is 2. The molecule has 0 aromatic heterocycles. The molecule has 0 aliphatic carbocycles. The van der Waals surface area contributed by atoms with Crippen molar-refractivity contribution in [2.75, 3.05) is 0 Å². The zero-order valence-electron chi connectivity index (χ0n) is 11.9. The minimum absolute atomic E-state index is 0.168. The quantitative estimate of drug-likeness (QED) is 0.272. The van der Waals surface area contributed by atoms with Gasteiger partial charge in [0.2, 0.25) is 0 Å². The molecule has 1 aromatic rings. The second kappa shape index (κ2) is 6.45. The number of ether oxygens (including phenoxy) is 1. The Bertz CT molecular complexity index is 488. The molecule has 1 unspecified atom stereocenters. The van der Waals surface area contributed by atoms with Gasteiger partial charge in [0.25, 0.3) is 0 Å². The summed E-state index contributed by atoms with van der Waals surface area (Å²) in [5.74, 6) is -0.516. The average Bonchev–Trinajstić information content (AvgIpc) is 2.36. The van der Waals surface area contributed by atoms with Gasteiger partial charge in [-0.25, -0.2) is 4.79 Å². The van der Waals surface area contributed by atoms with Gasteiger partial charge in [-0.3, -0.25) is 0 Å². The van der Waals surface area contributed by atoms with Gasteiger partial charge in [-0.1, -0.05) is 56.9 Å². The summed E-state index contributed by atoms with van der Waals surface area (Å²) < 4.78 is 5.47.